The van der Waals surface area contributed by atoms with Gasteiger partial charge in [0.2, 0.25) is 0 Å². The fourth-order valence-corrected chi connectivity index (χ4v) is 5.98. The first-order valence-electron chi connectivity index (χ1n) is 6.73. The van der Waals surface area contributed by atoms with Crippen LogP contribution in [-0.4, -0.2) is 46.0 Å². The Morgan fingerprint density at radius 3 is 2.31 bits per heavy atom. The summed E-state index contributed by atoms with van der Waals surface area (Å²) in [6, 6.07) is 1.70. The largest absolute Gasteiger partial charge is 0.295 e. The molecule has 4 atom stereocenters. The second kappa shape index (κ2) is 3.91. The molecule has 2 heteroatoms. The Morgan fingerprint density at radius 2 is 1.94 bits per heavy atom. The maximum Gasteiger partial charge on any atom is 0.0198 e. The van der Waals surface area contributed by atoms with Gasteiger partial charge in [0.25, 0.3) is 0 Å². The predicted octanol–water partition coefficient (Wildman–Crippen LogP) is 3.47. The molecule has 0 saturated carbocycles. The average Bonchev–Trinajstić information content (AvgIpc) is 2.89. The Hall–Kier alpha value is 0.310. The molecule has 0 radical (unpaired) electrons. The topological polar surface area (TPSA) is 3.01 Å². The number of hydrogen-bond donors (Lipinski definition) is 0. The van der Waals surface area contributed by atoms with E-state index >= 15 is 0 Å². The fourth-order valence-electron chi connectivity index (χ4n) is 3.19. The zero-order valence-corrected chi connectivity index (χ0v) is 12.7. The van der Waals surface area contributed by atoms with Gasteiger partial charge in [-0.15, -0.1) is 0 Å². The summed E-state index contributed by atoms with van der Waals surface area (Å²) >= 11 is 0. The van der Waals surface area contributed by atoms with E-state index in [1.165, 1.54) is 25.8 Å². The van der Waals surface area contributed by atoms with Crippen LogP contribution in [0.1, 0.15) is 47.0 Å². The molecule has 3 unspecified atom stereocenters. The van der Waals surface area contributed by atoms with Gasteiger partial charge < -0.3 is 0 Å². The highest BCUT2D eigenvalue weighted by Crippen LogP contribution is 2.70. The molecule has 2 fully saturated rings. The molecule has 2 aliphatic rings. The molecule has 0 amide bonds. The second-order valence-corrected chi connectivity index (χ2v) is 11.5. The molecule has 0 N–H and O–H groups in total. The smallest absolute Gasteiger partial charge is 0.0198 e. The van der Waals surface area contributed by atoms with Gasteiger partial charge in [0.05, 0.1) is 0 Å². The first kappa shape index (κ1) is 12.8. The normalized spacial score (nSPS) is 43.2. The minimum Gasteiger partial charge on any atom is -0.295 e. The van der Waals surface area contributed by atoms with Crippen molar-refractivity contribution in [1.82, 2.24) is 4.90 Å². The standard InChI is InChI=1S/C14H29NS/c1-11(15-10-12(15)2)7-8-13-9-14(3,4)16(13,5)6/h11-13H,7-10H2,1-6H3/t11?,12?,13-,15?/m0/s1. The summed E-state index contributed by atoms with van der Waals surface area (Å²) in [5.74, 6) is 0. The highest BCUT2D eigenvalue weighted by Gasteiger charge is 2.49. The van der Waals surface area contributed by atoms with Gasteiger partial charge in [-0.3, -0.25) is 4.90 Å². The maximum atomic E-state index is 2.63. The lowest BCUT2D eigenvalue weighted by atomic mass is 10.00. The van der Waals surface area contributed by atoms with Crippen molar-refractivity contribution in [2.24, 2.45) is 0 Å². The van der Waals surface area contributed by atoms with Crippen LogP contribution in [0.3, 0.4) is 0 Å². The molecule has 0 aromatic rings. The van der Waals surface area contributed by atoms with Crippen LogP contribution >= 0.6 is 10.0 Å². The summed E-state index contributed by atoms with van der Waals surface area (Å²) < 4.78 is 0.647. The molecular weight excluding hydrogens is 214 g/mol. The molecule has 2 heterocycles. The van der Waals surface area contributed by atoms with Crippen molar-refractivity contribution in [2.75, 3.05) is 19.1 Å². The third-order valence-electron chi connectivity index (χ3n) is 5.36. The van der Waals surface area contributed by atoms with Crippen molar-refractivity contribution < 1.29 is 0 Å². The Bertz CT molecular complexity index is 272. The molecule has 2 rings (SSSR count). The van der Waals surface area contributed by atoms with E-state index in [-0.39, 0.29) is 10.0 Å². The molecule has 0 aromatic carbocycles. The van der Waals surface area contributed by atoms with E-state index in [4.69, 9.17) is 0 Å². The zero-order chi connectivity index (χ0) is 12.1. The van der Waals surface area contributed by atoms with Crippen molar-refractivity contribution in [1.29, 1.82) is 0 Å². The summed E-state index contributed by atoms with van der Waals surface area (Å²) in [7, 11) is -0.334. The van der Waals surface area contributed by atoms with Gasteiger partial charge >= 0.3 is 0 Å². The van der Waals surface area contributed by atoms with Crippen LogP contribution in [0.2, 0.25) is 0 Å². The Balaban J connectivity index is 1.76. The number of nitrogens with zero attached hydrogens (tertiary/aromatic N) is 1. The molecule has 0 bridgehead atoms. The molecule has 96 valence electrons. The summed E-state index contributed by atoms with van der Waals surface area (Å²) in [5, 5.41) is 1.04. The van der Waals surface area contributed by atoms with E-state index in [1.807, 2.05) is 0 Å². The van der Waals surface area contributed by atoms with Gasteiger partial charge in [0, 0.05) is 18.6 Å². The van der Waals surface area contributed by atoms with Crippen molar-refractivity contribution in [3.05, 3.63) is 0 Å². The van der Waals surface area contributed by atoms with Crippen LogP contribution < -0.4 is 0 Å². The number of rotatable bonds is 4. The van der Waals surface area contributed by atoms with Gasteiger partial charge in [0.1, 0.15) is 0 Å². The average molecular weight is 243 g/mol. The Labute approximate surface area is 103 Å². The summed E-state index contributed by atoms with van der Waals surface area (Å²) in [5.41, 5.74) is 0. The van der Waals surface area contributed by atoms with Gasteiger partial charge in [-0.05, 0) is 55.6 Å². The van der Waals surface area contributed by atoms with Crippen LogP contribution in [-0.2, 0) is 0 Å². The Kier molecular flexibility index (Phi) is 3.12. The minimum absolute atomic E-state index is 0.334. The molecule has 2 aliphatic heterocycles. The first-order valence-corrected chi connectivity index (χ1v) is 9.24. The van der Waals surface area contributed by atoms with Gasteiger partial charge in [0.15, 0.2) is 0 Å². The maximum absolute atomic E-state index is 2.63. The molecule has 1 nitrogen and oxygen atoms in total. The van der Waals surface area contributed by atoms with E-state index in [0.717, 1.165) is 17.3 Å². The van der Waals surface area contributed by atoms with Gasteiger partial charge in [-0.2, -0.15) is 0 Å². The Morgan fingerprint density at radius 1 is 1.38 bits per heavy atom. The number of hydrogen-bond acceptors (Lipinski definition) is 1. The quantitative estimate of drug-likeness (QED) is 0.683. The molecule has 0 spiro atoms. The molecular formula is C14H29NS. The lowest BCUT2D eigenvalue weighted by Gasteiger charge is -2.64. The van der Waals surface area contributed by atoms with Crippen LogP contribution in [0, 0.1) is 0 Å². The van der Waals surface area contributed by atoms with E-state index < -0.39 is 0 Å². The van der Waals surface area contributed by atoms with Crippen LogP contribution in [0.25, 0.3) is 0 Å². The summed E-state index contributed by atoms with van der Waals surface area (Å²) in [6.07, 6.45) is 9.45. The summed E-state index contributed by atoms with van der Waals surface area (Å²) in [4.78, 5) is 2.63. The lowest BCUT2D eigenvalue weighted by Crippen LogP contribution is -2.48. The van der Waals surface area contributed by atoms with Crippen molar-refractivity contribution in [3.63, 3.8) is 0 Å². The van der Waals surface area contributed by atoms with E-state index in [1.54, 1.807) is 0 Å². The van der Waals surface area contributed by atoms with Crippen LogP contribution in [0.4, 0.5) is 0 Å². The predicted molar refractivity (Wildman–Crippen MR) is 76.8 cm³/mol. The van der Waals surface area contributed by atoms with Gasteiger partial charge in [-0.1, -0.05) is 13.8 Å². The van der Waals surface area contributed by atoms with Crippen molar-refractivity contribution in [3.8, 4) is 0 Å². The molecule has 0 aromatic heterocycles. The van der Waals surface area contributed by atoms with Crippen molar-refractivity contribution >= 4 is 10.0 Å². The molecule has 2 saturated heterocycles. The summed E-state index contributed by atoms with van der Waals surface area (Å²) in [6.45, 7) is 11.0. The van der Waals surface area contributed by atoms with Crippen LogP contribution in [0.5, 0.6) is 0 Å². The highest BCUT2D eigenvalue weighted by atomic mass is 32.3. The van der Waals surface area contributed by atoms with E-state index in [0.29, 0.717) is 4.75 Å². The van der Waals surface area contributed by atoms with E-state index in [2.05, 4.69) is 45.1 Å². The molecule has 16 heavy (non-hydrogen) atoms. The van der Waals surface area contributed by atoms with E-state index in [9.17, 15) is 0 Å². The third-order valence-corrected chi connectivity index (χ3v) is 10.4. The first-order chi connectivity index (χ1) is 7.25. The molecule has 0 aliphatic carbocycles. The highest BCUT2D eigenvalue weighted by molar-refractivity contribution is 8.35. The SMILES string of the molecule is CC(CC[C@H]1CC(C)(C)S1(C)C)N1CC1C. The second-order valence-electron chi connectivity index (χ2n) is 6.96. The lowest BCUT2D eigenvalue weighted by molar-refractivity contribution is 0.359. The monoisotopic (exact) mass is 243 g/mol. The van der Waals surface area contributed by atoms with Crippen LogP contribution in [0.15, 0.2) is 0 Å². The fraction of sp³-hybridized carbons (Fsp3) is 1.00. The van der Waals surface area contributed by atoms with Gasteiger partial charge in [-0.25, -0.2) is 10.0 Å². The van der Waals surface area contributed by atoms with Crippen molar-refractivity contribution in [2.45, 2.75) is 69.0 Å². The minimum atomic E-state index is -0.334. The zero-order valence-electron chi connectivity index (χ0n) is 11.9. The third kappa shape index (κ3) is 2.03.